The van der Waals surface area contributed by atoms with Crippen molar-refractivity contribution in [2.45, 2.75) is 26.2 Å². The summed E-state index contributed by atoms with van der Waals surface area (Å²) < 4.78 is 15.2. The molecule has 1 aliphatic rings. The molecule has 0 radical (unpaired) electrons. The second-order valence-corrected chi connectivity index (χ2v) is 4.90. The summed E-state index contributed by atoms with van der Waals surface area (Å²) in [4.78, 5) is 14.3. The molecule has 0 aromatic carbocycles. The third-order valence-corrected chi connectivity index (χ3v) is 3.42. The van der Waals surface area contributed by atoms with Crippen molar-refractivity contribution in [2.24, 2.45) is 0 Å². The molecule has 0 spiro atoms. The Labute approximate surface area is 121 Å². The van der Waals surface area contributed by atoms with E-state index in [9.17, 15) is 4.39 Å². The Kier molecular flexibility index (Phi) is 3.48. The van der Waals surface area contributed by atoms with E-state index in [4.69, 9.17) is 5.26 Å². The summed E-state index contributed by atoms with van der Waals surface area (Å²) in [6, 6.07) is 1.84. The largest absolute Gasteiger partial charge is 0.341 e. The molecule has 21 heavy (non-hydrogen) atoms. The maximum Gasteiger partial charge on any atom is 0.252 e. The SMILES string of the molecule is Cc1nc(C#N)nn1-c1nc(N2CCCCC2)ncc1F. The highest BCUT2D eigenvalue weighted by Crippen LogP contribution is 2.19. The van der Waals surface area contributed by atoms with E-state index in [1.165, 1.54) is 11.1 Å². The lowest BCUT2D eigenvalue weighted by Gasteiger charge is -2.26. The maximum atomic E-state index is 14.0. The number of anilines is 1. The van der Waals surface area contributed by atoms with E-state index in [0.29, 0.717) is 11.8 Å². The third kappa shape index (κ3) is 2.54. The Bertz CT molecular complexity index is 697. The number of aromatic nitrogens is 5. The van der Waals surface area contributed by atoms with E-state index < -0.39 is 5.82 Å². The lowest BCUT2D eigenvalue weighted by atomic mass is 10.1. The fourth-order valence-electron chi connectivity index (χ4n) is 2.38. The molecule has 0 amide bonds. The number of nitriles is 1. The van der Waals surface area contributed by atoms with Crippen LogP contribution in [0.1, 0.15) is 30.9 Å². The van der Waals surface area contributed by atoms with Crippen molar-refractivity contribution < 1.29 is 4.39 Å². The molecule has 0 aliphatic carbocycles. The first-order chi connectivity index (χ1) is 10.2. The Morgan fingerprint density at radius 2 is 2.00 bits per heavy atom. The van der Waals surface area contributed by atoms with Crippen LogP contribution in [0.5, 0.6) is 0 Å². The number of rotatable bonds is 2. The number of piperidine rings is 1. The minimum absolute atomic E-state index is 0.00923. The van der Waals surface area contributed by atoms with Gasteiger partial charge >= 0.3 is 0 Å². The summed E-state index contributed by atoms with van der Waals surface area (Å²) in [5.74, 6) is 0.323. The van der Waals surface area contributed by atoms with Gasteiger partial charge in [-0.3, -0.25) is 0 Å². The maximum absolute atomic E-state index is 14.0. The van der Waals surface area contributed by atoms with E-state index in [2.05, 4.69) is 20.1 Å². The lowest BCUT2D eigenvalue weighted by Crippen LogP contribution is -2.31. The van der Waals surface area contributed by atoms with E-state index in [1.807, 2.05) is 11.0 Å². The Morgan fingerprint density at radius 1 is 1.24 bits per heavy atom. The summed E-state index contributed by atoms with van der Waals surface area (Å²) in [5.41, 5.74) is 0. The summed E-state index contributed by atoms with van der Waals surface area (Å²) in [7, 11) is 0. The van der Waals surface area contributed by atoms with Crippen LogP contribution in [0.3, 0.4) is 0 Å². The smallest absolute Gasteiger partial charge is 0.252 e. The number of nitrogens with zero attached hydrogens (tertiary/aromatic N) is 7. The first-order valence-electron chi connectivity index (χ1n) is 6.80. The van der Waals surface area contributed by atoms with Crippen LogP contribution in [0, 0.1) is 24.1 Å². The molecule has 0 atom stereocenters. The molecule has 108 valence electrons. The summed E-state index contributed by atoms with van der Waals surface area (Å²) >= 11 is 0. The van der Waals surface area contributed by atoms with Crippen molar-refractivity contribution in [1.82, 2.24) is 24.7 Å². The van der Waals surface area contributed by atoms with Gasteiger partial charge in [0.05, 0.1) is 6.20 Å². The van der Waals surface area contributed by atoms with Crippen molar-refractivity contribution in [2.75, 3.05) is 18.0 Å². The predicted octanol–water partition coefficient (Wildman–Crippen LogP) is 1.37. The fourth-order valence-corrected chi connectivity index (χ4v) is 2.38. The standard InChI is InChI=1S/C13H14FN7/c1-9-17-11(7-15)19-21(9)12-10(14)8-16-13(18-12)20-5-3-2-4-6-20/h8H,2-6H2,1H3. The lowest BCUT2D eigenvalue weighted by molar-refractivity contribution is 0.555. The van der Waals surface area contributed by atoms with Crippen LogP contribution in [0.2, 0.25) is 0 Å². The predicted molar refractivity (Wildman–Crippen MR) is 72.4 cm³/mol. The molecule has 0 bridgehead atoms. The molecule has 7 nitrogen and oxygen atoms in total. The van der Waals surface area contributed by atoms with Crippen LogP contribution >= 0.6 is 0 Å². The van der Waals surface area contributed by atoms with Crippen molar-refractivity contribution in [3.8, 4) is 11.9 Å². The van der Waals surface area contributed by atoms with Gasteiger partial charge in [0.2, 0.25) is 5.95 Å². The normalized spacial score (nSPS) is 15.0. The van der Waals surface area contributed by atoms with Gasteiger partial charge in [0.1, 0.15) is 11.9 Å². The molecule has 0 N–H and O–H groups in total. The summed E-state index contributed by atoms with van der Waals surface area (Å²) in [5, 5.41) is 12.8. The molecule has 0 saturated carbocycles. The van der Waals surface area contributed by atoms with Gasteiger partial charge in [-0.05, 0) is 26.2 Å². The molecule has 3 rings (SSSR count). The zero-order valence-electron chi connectivity index (χ0n) is 11.6. The molecular weight excluding hydrogens is 273 g/mol. The molecule has 1 aliphatic heterocycles. The summed E-state index contributed by atoms with van der Waals surface area (Å²) in [6.07, 6.45) is 4.49. The molecule has 1 saturated heterocycles. The second-order valence-electron chi connectivity index (χ2n) is 4.90. The first kappa shape index (κ1) is 13.4. The molecule has 1 fully saturated rings. The van der Waals surface area contributed by atoms with Crippen molar-refractivity contribution in [3.05, 3.63) is 23.7 Å². The van der Waals surface area contributed by atoms with Gasteiger partial charge in [-0.2, -0.15) is 14.9 Å². The number of hydrogen-bond acceptors (Lipinski definition) is 6. The first-order valence-corrected chi connectivity index (χ1v) is 6.80. The molecule has 8 heteroatoms. The van der Waals surface area contributed by atoms with Crippen LogP contribution < -0.4 is 4.90 Å². The van der Waals surface area contributed by atoms with Gasteiger partial charge in [-0.25, -0.2) is 14.4 Å². The van der Waals surface area contributed by atoms with Gasteiger partial charge in [-0.15, -0.1) is 5.10 Å². The number of halogens is 1. The minimum atomic E-state index is -0.590. The van der Waals surface area contributed by atoms with Gasteiger partial charge < -0.3 is 4.90 Å². The average Bonchev–Trinajstić information content (AvgIpc) is 2.90. The van der Waals surface area contributed by atoms with E-state index in [1.54, 1.807) is 6.92 Å². The summed E-state index contributed by atoms with van der Waals surface area (Å²) in [6.45, 7) is 3.38. The number of hydrogen-bond donors (Lipinski definition) is 0. The van der Waals surface area contributed by atoms with Crippen molar-refractivity contribution >= 4 is 5.95 Å². The van der Waals surface area contributed by atoms with Crippen LogP contribution in [-0.4, -0.2) is 37.8 Å². The van der Waals surface area contributed by atoms with Crippen LogP contribution in [0.25, 0.3) is 5.82 Å². The topological polar surface area (TPSA) is 83.5 Å². The Hall–Kier alpha value is -2.56. The molecule has 2 aromatic rings. The quantitative estimate of drug-likeness (QED) is 0.829. The molecule has 0 unspecified atom stereocenters. The van der Waals surface area contributed by atoms with Crippen LogP contribution in [0.4, 0.5) is 10.3 Å². The minimum Gasteiger partial charge on any atom is -0.341 e. The highest BCUT2D eigenvalue weighted by atomic mass is 19.1. The zero-order chi connectivity index (χ0) is 14.8. The monoisotopic (exact) mass is 287 g/mol. The molecular formula is C13H14FN7. The zero-order valence-corrected chi connectivity index (χ0v) is 11.6. The highest BCUT2D eigenvalue weighted by Gasteiger charge is 2.18. The van der Waals surface area contributed by atoms with Crippen molar-refractivity contribution in [3.63, 3.8) is 0 Å². The third-order valence-electron chi connectivity index (χ3n) is 3.42. The molecule has 2 aromatic heterocycles. The van der Waals surface area contributed by atoms with Crippen molar-refractivity contribution in [1.29, 1.82) is 5.26 Å². The van der Waals surface area contributed by atoms with Gasteiger partial charge in [-0.1, -0.05) is 0 Å². The van der Waals surface area contributed by atoms with Crippen LogP contribution in [-0.2, 0) is 0 Å². The van der Waals surface area contributed by atoms with Gasteiger partial charge in [0.25, 0.3) is 5.82 Å². The van der Waals surface area contributed by atoms with Gasteiger partial charge in [0, 0.05) is 13.1 Å². The van der Waals surface area contributed by atoms with E-state index in [-0.39, 0.29) is 11.6 Å². The molecule has 3 heterocycles. The van der Waals surface area contributed by atoms with E-state index >= 15 is 0 Å². The average molecular weight is 287 g/mol. The number of aryl methyl sites for hydroxylation is 1. The highest BCUT2D eigenvalue weighted by molar-refractivity contribution is 5.36. The Morgan fingerprint density at radius 3 is 2.67 bits per heavy atom. The van der Waals surface area contributed by atoms with Gasteiger partial charge in [0.15, 0.2) is 11.6 Å². The second kappa shape index (κ2) is 5.44. The Balaban J connectivity index is 2.01. The fraction of sp³-hybridized carbons (Fsp3) is 0.462. The van der Waals surface area contributed by atoms with Crippen LogP contribution in [0.15, 0.2) is 6.20 Å². The van der Waals surface area contributed by atoms with E-state index in [0.717, 1.165) is 32.1 Å².